The monoisotopic (exact) mass is 468 g/mol. The van der Waals surface area contributed by atoms with Crippen LogP contribution in [0.2, 0.25) is 0 Å². The molecule has 0 radical (unpaired) electrons. The van der Waals surface area contributed by atoms with E-state index in [4.69, 9.17) is 14.6 Å². The van der Waals surface area contributed by atoms with E-state index in [1.54, 1.807) is 36.4 Å². The van der Waals surface area contributed by atoms with Crippen LogP contribution in [0.4, 0.5) is 17.1 Å². The number of carbonyl (C=O) groups excluding carboxylic acids is 2. The maximum absolute atomic E-state index is 13.8. The van der Waals surface area contributed by atoms with Crippen LogP contribution >= 0.6 is 0 Å². The molecule has 2 amide bonds. The van der Waals surface area contributed by atoms with Crippen LogP contribution in [0.15, 0.2) is 88.1 Å². The highest BCUT2D eigenvalue weighted by Crippen LogP contribution is 2.43. The number of rotatable bonds is 6. The number of hydrogen-bond donors (Lipinski definition) is 2. The Bertz CT molecular complexity index is 1400. The molecule has 176 valence electrons. The van der Waals surface area contributed by atoms with Crippen LogP contribution in [-0.2, 0) is 11.3 Å². The molecule has 2 aromatic carbocycles. The second-order valence-electron chi connectivity index (χ2n) is 8.49. The standard InChI is InChI=1S/C27H24N4O4/c1-30(2)16-17-7-10-19(11-8-17)29-25(22-5-3-13-34-22)24-20-12-9-18(28)15-21(20)31(27(24)33)26(32)23-6-4-14-35-23/h3-15,29H,16,28H2,1-2H3/b25-24-. The van der Waals surface area contributed by atoms with E-state index in [9.17, 15) is 9.59 Å². The molecule has 0 spiro atoms. The van der Waals surface area contributed by atoms with E-state index in [1.807, 2.05) is 38.4 Å². The number of hydrogen-bond acceptors (Lipinski definition) is 7. The van der Waals surface area contributed by atoms with Crippen molar-refractivity contribution in [2.75, 3.05) is 30.0 Å². The van der Waals surface area contributed by atoms with E-state index < -0.39 is 11.8 Å². The number of furan rings is 2. The van der Waals surface area contributed by atoms with Crippen molar-refractivity contribution in [2.24, 2.45) is 0 Å². The fraction of sp³-hybridized carbons (Fsp3) is 0.111. The molecule has 0 saturated heterocycles. The van der Waals surface area contributed by atoms with Crippen LogP contribution in [0, 0.1) is 0 Å². The number of benzene rings is 2. The lowest BCUT2D eigenvalue weighted by Gasteiger charge is -2.15. The van der Waals surface area contributed by atoms with Crippen molar-refractivity contribution in [3.05, 3.63) is 102 Å². The first-order chi connectivity index (χ1) is 16.9. The second-order valence-corrected chi connectivity index (χ2v) is 8.49. The molecule has 0 atom stereocenters. The number of nitrogens with zero attached hydrogens (tertiary/aromatic N) is 2. The fourth-order valence-corrected chi connectivity index (χ4v) is 4.11. The molecule has 0 unspecified atom stereocenters. The topological polar surface area (TPSA) is 105 Å². The zero-order valence-electron chi connectivity index (χ0n) is 19.3. The molecule has 3 N–H and O–H groups in total. The molecule has 3 heterocycles. The minimum atomic E-state index is -0.575. The van der Waals surface area contributed by atoms with E-state index >= 15 is 0 Å². The Labute approximate surface area is 202 Å². The zero-order valence-corrected chi connectivity index (χ0v) is 19.3. The molecule has 0 fully saturated rings. The van der Waals surface area contributed by atoms with Gasteiger partial charge in [0.25, 0.3) is 5.91 Å². The number of nitrogens with two attached hydrogens (primary N) is 1. The minimum absolute atomic E-state index is 0.0527. The molecule has 5 rings (SSSR count). The van der Waals surface area contributed by atoms with Gasteiger partial charge in [0.2, 0.25) is 0 Å². The van der Waals surface area contributed by atoms with Crippen molar-refractivity contribution in [3.63, 3.8) is 0 Å². The van der Waals surface area contributed by atoms with Crippen molar-refractivity contribution in [3.8, 4) is 0 Å². The molecule has 1 aliphatic heterocycles. The van der Waals surface area contributed by atoms with Crippen LogP contribution in [0.5, 0.6) is 0 Å². The molecular formula is C27H24N4O4. The molecule has 8 nitrogen and oxygen atoms in total. The summed E-state index contributed by atoms with van der Waals surface area (Å²) in [7, 11) is 4.02. The summed E-state index contributed by atoms with van der Waals surface area (Å²) in [6.45, 7) is 0.809. The molecule has 35 heavy (non-hydrogen) atoms. The van der Waals surface area contributed by atoms with Crippen LogP contribution in [0.1, 0.15) is 27.4 Å². The predicted molar refractivity (Wildman–Crippen MR) is 134 cm³/mol. The van der Waals surface area contributed by atoms with Crippen molar-refractivity contribution in [1.82, 2.24) is 4.90 Å². The number of imide groups is 1. The van der Waals surface area contributed by atoms with Gasteiger partial charge in [-0.1, -0.05) is 12.1 Å². The summed E-state index contributed by atoms with van der Waals surface area (Å²) < 4.78 is 11.0. The number of nitrogen functional groups attached to an aromatic ring is 1. The first-order valence-electron chi connectivity index (χ1n) is 11.0. The van der Waals surface area contributed by atoms with Gasteiger partial charge in [0.1, 0.15) is 0 Å². The van der Waals surface area contributed by atoms with Gasteiger partial charge in [-0.25, -0.2) is 4.90 Å². The van der Waals surface area contributed by atoms with Gasteiger partial charge >= 0.3 is 5.91 Å². The van der Waals surface area contributed by atoms with Gasteiger partial charge in [-0.2, -0.15) is 0 Å². The smallest absolute Gasteiger partial charge is 0.301 e. The van der Waals surface area contributed by atoms with Crippen LogP contribution < -0.4 is 16.0 Å². The van der Waals surface area contributed by atoms with E-state index in [0.29, 0.717) is 34.0 Å². The number of anilines is 3. The van der Waals surface area contributed by atoms with Gasteiger partial charge in [0.15, 0.2) is 11.5 Å². The highest BCUT2D eigenvalue weighted by molar-refractivity contribution is 6.45. The molecule has 0 saturated carbocycles. The summed E-state index contributed by atoms with van der Waals surface area (Å²) in [5, 5.41) is 3.34. The van der Waals surface area contributed by atoms with Crippen molar-refractivity contribution in [2.45, 2.75) is 6.54 Å². The number of carbonyl (C=O) groups is 2. The van der Waals surface area contributed by atoms with Gasteiger partial charge in [-0.3, -0.25) is 9.59 Å². The summed E-state index contributed by atoms with van der Waals surface area (Å²) in [5.41, 5.74) is 10.1. The summed E-state index contributed by atoms with van der Waals surface area (Å²) >= 11 is 0. The van der Waals surface area contributed by atoms with E-state index in [2.05, 4.69) is 10.2 Å². The molecular weight excluding hydrogens is 444 g/mol. The lowest BCUT2D eigenvalue weighted by atomic mass is 10.0. The third-order valence-corrected chi connectivity index (χ3v) is 5.62. The third kappa shape index (κ3) is 4.22. The molecule has 0 aliphatic carbocycles. The minimum Gasteiger partial charge on any atom is -0.463 e. The largest absolute Gasteiger partial charge is 0.463 e. The van der Waals surface area contributed by atoms with Crippen molar-refractivity contribution in [1.29, 1.82) is 0 Å². The Balaban J connectivity index is 1.63. The van der Waals surface area contributed by atoms with E-state index in [1.165, 1.54) is 18.6 Å². The Morgan fingerprint density at radius 1 is 0.971 bits per heavy atom. The highest BCUT2D eigenvalue weighted by atomic mass is 16.3. The summed E-state index contributed by atoms with van der Waals surface area (Å²) in [5.74, 6) is -0.568. The summed E-state index contributed by atoms with van der Waals surface area (Å²) in [6.07, 6.45) is 2.92. The normalized spacial score (nSPS) is 14.4. The van der Waals surface area contributed by atoms with Crippen LogP contribution in [-0.4, -0.2) is 30.8 Å². The van der Waals surface area contributed by atoms with Gasteiger partial charge in [-0.15, -0.1) is 0 Å². The Kier molecular flexibility index (Phi) is 5.72. The quantitative estimate of drug-likeness (QED) is 0.240. The Hall–Kier alpha value is -4.56. The van der Waals surface area contributed by atoms with Crippen molar-refractivity contribution < 1.29 is 18.4 Å². The fourth-order valence-electron chi connectivity index (χ4n) is 4.11. The van der Waals surface area contributed by atoms with Gasteiger partial charge in [0, 0.05) is 23.5 Å². The van der Waals surface area contributed by atoms with Gasteiger partial charge < -0.3 is 24.8 Å². The Morgan fingerprint density at radius 2 is 1.66 bits per heavy atom. The maximum atomic E-state index is 13.8. The second kappa shape index (κ2) is 9.00. The molecule has 1 aliphatic rings. The van der Waals surface area contributed by atoms with Crippen LogP contribution in [0.3, 0.4) is 0 Å². The number of nitrogens with one attached hydrogen (secondary N) is 1. The third-order valence-electron chi connectivity index (χ3n) is 5.62. The number of amides is 2. The lowest BCUT2D eigenvalue weighted by molar-refractivity contribution is -0.112. The highest BCUT2D eigenvalue weighted by Gasteiger charge is 2.40. The average Bonchev–Trinajstić information content (AvgIpc) is 3.59. The van der Waals surface area contributed by atoms with Crippen molar-refractivity contribution >= 4 is 40.1 Å². The zero-order chi connectivity index (χ0) is 24.5. The summed E-state index contributed by atoms with van der Waals surface area (Å²) in [4.78, 5) is 30.2. The molecule has 4 aromatic rings. The number of fused-ring (bicyclic) bond motifs is 1. The Morgan fingerprint density at radius 3 is 2.29 bits per heavy atom. The first kappa shape index (κ1) is 22.2. The molecule has 0 bridgehead atoms. The summed E-state index contributed by atoms with van der Waals surface area (Å²) in [6, 6.07) is 19.6. The SMILES string of the molecule is CN(C)Cc1ccc(N/C(=C2\C(=O)N(C(=O)c3ccco3)c3cc(N)ccc32)c2ccco2)cc1. The maximum Gasteiger partial charge on any atom is 0.301 e. The predicted octanol–water partition coefficient (Wildman–Crippen LogP) is 4.68. The lowest BCUT2D eigenvalue weighted by Crippen LogP contribution is -2.33. The van der Waals surface area contributed by atoms with Gasteiger partial charge in [-0.05, 0) is 74.3 Å². The average molecular weight is 469 g/mol. The van der Waals surface area contributed by atoms with E-state index in [0.717, 1.165) is 22.7 Å². The first-order valence-corrected chi connectivity index (χ1v) is 11.0. The van der Waals surface area contributed by atoms with E-state index in [-0.39, 0.29) is 5.76 Å². The molecule has 8 heteroatoms. The van der Waals surface area contributed by atoms with Gasteiger partial charge in [0.05, 0.1) is 29.5 Å². The molecule has 2 aromatic heterocycles. The van der Waals surface area contributed by atoms with Crippen LogP contribution in [0.25, 0.3) is 11.3 Å².